The summed E-state index contributed by atoms with van der Waals surface area (Å²) in [6, 6.07) is 4.09. The maximum Gasteiger partial charge on any atom is 0.182 e. The van der Waals surface area contributed by atoms with Crippen LogP contribution in [0.2, 0.25) is 5.02 Å². The Morgan fingerprint density at radius 3 is 2.94 bits per heavy atom. The molecule has 0 bridgehead atoms. The number of nitrogens with zero attached hydrogens (tertiary/aromatic N) is 4. The van der Waals surface area contributed by atoms with E-state index in [0.717, 1.165) is 0 Å². The van der Waals surface area contributed by atoms with Gasteiger partial charge in [-0.05, 0) is 17.3 Å². The lowest BCUT2D eigenvalue weighted by molar-refractivity contribution is 0.0990. The molecule has 2 aromatic rings. The van der Waals surface area contributed by atoms with Crippen molar-refractivity contribution in [2.75, 3.05) is 0 Å². The van der Waals surface area contributed by atoms with Crippen molar-refractivity contribution in [2.45, 2.75) is 6.42 Å². The summed E-state index contributed by atoms with van der Waals surface area (Å²) in [6.07, 6.45) is -0.0585. The second-order valence-electron chi connectivity index (χ2n) is 3.40. The normalized spacial score (nSPS) is 10.5. The molecular formula is C10H8ClFN4O. The Labute approximate surface area is 101 Å². The van der Waals surface area contributed by atoms with E-state index in [9.17, 15) is 9.18 Å². The number of tetrazole rings is 1. The van der Waals surface area contributed by atoms with Crippen molar-refractivity contribution in [3.8, 4) is 0 Å². The van der Waals surface area contributed by atoms with Gasteiger partial charge in [0.1, 0.15) is 5.82 Å². The number of benzene rings is 1. The highest BCUT2D eigenvalue weighted by Gasteiger charge is 2.16. The first-order valence-electron chi connectivity index (χ1n) is 4.78. The first kappa shape index (κ1) is 11.7. The molecule has 0 N–H and O–H groups in total. The molecule has 0 saturated carbocycles. The van der Waals surface area contributed by atoms with E-state index in [0.29, 0.717) is 0 Å². The van der Waals surface area contributed by atoms with Crippen LogP contribution in [-0.4, -0.2) is 26.0 Å². The molecule has 1 aromatic carbocycles. The fraction of sp³-hybridized carbons (Fsp3) is 0.200. The fourth-order valence-corrected chi connectivity index (χ4v) is 1.58. The molecule has 5 nitrogen and oxygen atoms in total. The Morgan fingerprint density at radius 2 is 2.29 bits per heavy atom. The second kappa shape index (κ2) is 4.58. The topological polar surface area (TPSA) is 60.7 Å². The largest absolute Gasteiger partial charge is 0.294 e. The molecule has 0 radical (unpaired) electrons. The van der Waals surface area contributed by atoms with Gasteiger partial charge in [0.25, 0.3) is 0 Å². The third-order valence-electron chi connectivity index (χ3n) is 2.12. The SMILES string of the molecule is Cn1nnc(CC(=O)c2cccc(F)c2Cl)n1. The molecule has 0 spiro atoms. The van der Waals surface area contributed by atoms with Gasteiger partial charge in [0.15, 0.2) is 11.6 Å². The highest BCUT2D eigenvalue weighted by Crippen LogP contribution is 2.20. The predicted molar refractivity (Wildman–Crippen MR) is 58.2 cm³/mol. The van der Waals surface area contributed by atoms with Crippen molar-refractivity contribution in [1.29, 1.82) is 0 Å². The first-order chi connectivity index (χ1) is 8.08. The zero-order valence-electron chi connectivity index (χ0n) is 8.89. The Kier molecular flexibility index (Phi) is 3.14. The Hall–Kier alpha value is -1.82. The van der Waals surface area contributed by atoms with E-state index in [1.54, 1.807) is 7.05 Å². The highest BCUT2D eigenvalue weighted by molar-refractivity contribution is 6.34. The number of halogens is 2. The van der Waals surface area contributed by atoms with Crippen LogP contribution in [-0.2, 0) is 13.5 Å². The molecule has 1 aromatic heterocycles. The summed E-state index contributed by atoms with van der Waals surface area (Å²) in [5.41, 5.74) is 0.124. The lowest BCUT2D eigenvalue weighted by atomic mass is 10.1. The molecule has 0 amide bonds. The van der Waals surface area contributed by atoms with Crippen LogP contribution < -0.4 is 0 Å². The van der Waals surface area contributed by atoms with E-state index in [2.05, 4.69) is 15.4 Å². The van der Waals surface area contributed by atoms with E-state index < -0.39 is 5.82 Å². The van der Waals surface area contributed by atoms with E-state index in [1.807, 2.05) is 0 Å². The zero-order chi connectivity index (χ0) is 12.4. The van der Waals surface area contributed by atoms with E-state index in [-0.39, 0.29) is 28.6 Å². The van der Waals surface area contributed by atoms with Gasteiger partial charge >= 0.3 is 0 Å². The van der Waals surface area contributed by atoms with Crippen molar-refractivity contribution in [3.05, 3.63) is 40.4 Å². The molecule has 0 aliphatic carbocycles. The molecule has 0 saturated heterocycles. The highest BCUT2D eigenvalue weighted by atomic mass is 35.5. The van der Waals surface area contributed by atoms with Crippen LogP contribution in [0, 0.1) is 5.82 Å². The minimum atomic E-state index is -0.621. The number of carbonyl (C=O) groups excluding carboxylic acids is 1. The maximum atomic E-state index is 13.2. The van der Waals surface area contributed by atoms with Crippen LogP contribution in [0.25, 0.3) is 0 Å². The van der Waals surface area contributed by atoms with Crippen molar-refractivity contribution < 1.29 is 9.18 Å². The molecule has 0 aliphatic rings. The van der Waals surface area contributed by atoms with Crippen LogP contribution in [0.1, 0.15) is 16.2 Å². The summed E-state index contributed by atoms with van der Waals surface area (Å²) >= 11 is 5.70. The summed E-state index contributed by atoms with van der Waals surface area (Å²) < 4.78 is 13.2. The standard InChI is InChI=1S/C10H8ClFN4O/c1-16-14-9(13-15-16)5-8(17)6-3-2-4-7(12)10(6)11/h2-4H,5H2,1H3. The smallest absolute Gasteiger partial charge is 0.182 e. The third-order valence-corrected chi connectivity index (χ3v) is 2.50. The van der Waals surface area contributed by atoms with Crippen LogP contribution in [0.4, 0.5) is 4.39 Å². The van der Waals surface area contributed by atoms with E-state index in [1.165, 1.54) is 23.0 Å². The monoisotopic (exact) mass is 254 g/mol. The van der Waals surface area contributed by atoms with Crippen LogP contribution in [0.3, 0.4) is 0 Å². The Morgan fingerprint density at radius 1 is 1.53 bits per heavy atom. The number of ketones is 1. The maximum absolute atomic E-state index is 13.2. The number of Topliss-reactive ketones (excluding diaryl/α,β-unsaturated/α-hetero) is 1. The van der Waals surface area contributed by atoms with Gasteiger partial charge in [-0.2, -0.15) is 4.80 Å². The van der Waals surface area contributed by atoms with Gasteiger partial charge in [-0.15, -0.1) is 10.2 Å². The third kappa shape index (κ3) is 2.47. The fourth-order valence-electron chi connectivity index (χ4n) is 1.35. The van der Waals surface area contributed by atoms with Gasteiger partial charge in [0.2, 0.25) is 0 Å². The molecule has 0 unspecified atom stereocenters. The average Bonchev–Trinajstić information content (AvgIpc) is 2.68. The van der Waals surface area contributed by atoms with Gasteiger partial charge in [0.05, 0.1) is 18.5 Å². The number of aryl methyl sites for hydroxylation is 1. The molecule has 0 atom stereocenters. The summed E-state index contributed by atoms with van der Waals surface area (Å²) in [5, 5.41) is 11.0. The van der Waals surface area contributed by atoms with Gasteiger partial charge < -0.3 is 0 Å². The quantitative estimate of drug-likeness (QED) is 0.778. The number of rotatable bonds is 3. The molecule has 0 fully saturated rings. The van der Waals surface area contributed by atoms with Gasteiger partial charge in [-0.1, -0.05) is 17.7 Å². The van der Waals surface area contributed by atoms with Gasteiger partial charge in [-0.3, -0.25) is 4.79 Å². The zero-order valence-corrected chi connectivity index (χ0v) is 9.65. The summed E-state index contributed by atoms with van der Waals surface area (Å²) in [5.74, 6) is -0.690. The molecule has 88 valence electrons. The lowest BCUT2D eigenvalue weighted by Gasteiger charge is -2.01. The number of carbonyl (C=O) groups is 1. The first-order valence-corrected chi connectivity index (χ1v) is 5.16. The summed E-state index contributed by atoms with van der Waals surface area (Å²) in [6.45, 7) is 0. The van der Waals surface area contributed by atoms with E-state index >= 15 is 0 Å². The lowest BCUT2D eigenvalue weighted by Crippen LogP contribution is -2.07. The van der Waals surface area contributed by atoms with Gasteiger partial charge in [0, 0.05) is 5.56 Å². The minimum absolute atomic E-state index is 0.0585. The summed E-state index contributed by atoms with van der Waals surface area (Å²) in [4.78, 5) is 13.1. The predicted octanol–water partition coefficient (Wildman–Crippen LogP) is 1.43. The number of hydrogen-bond donors (Lipinski definition) is 0. The number of aromatic nitrogens is 4. The van der Waals surface area contributed by atoms with Gasteiger partial charge in [-0.25, -0.2) is 4.39 Å². The van der Waals surface area contributed by atoms with Crippen molar-refractivity contribution in [1.82, 2.24) is 20.2 Å². The van der Waals surface area contributed by atoms with E-state index in [4.69, 9.17) is 11.6 Å². The van der Waals surface area contributed by atoms with Crippen molar-refractivity contribution in [3.63, 3.8) is 0 Å². The van der Waals surface area contributed by atoms with Crippen LogP contribution >= 0.6 is 11.6 Å². The molecule has 7 heteroatoms. The molecule has 17 heavy (non-hydrogen) atoms. The molecular weight excluding hydrogens is 247 g/mol. The van der Waals surface area contributed by atoms with Crippen LogP contribution in [0.15, 0.2) is 18.2 Å². The summed E-state index contributed by atoms with van der Waals surface area (Å²) in [7, 11) is 1.59. The molecule has 0 aliphatic heterocycles. The minimum Gasteiger partial charge on any atom is -0.294 e. The van der Waals surface area contributed by atoms with Crippen LogP contribution in [0.5, 0.6) is 0 Å². The molecule has 1 heterocycles. The van der Waals surface area contributed by atoms with Crippen molar-refractivity contribution in [2.24, 2.45) is 7.05 Å². The van der Waals surface area contributed by atoms with Crippen molar-refractivity contribution >= 4 is 17.4 Å². The Balaban J connectivity index is 2.23. The molecule has 2 rings (SSSR count). The average molecular weight is 255 g/mol. The Bertz CT molecular complexity index is 569. The second-order valence-corrected chi connectivity index (χ2v) is 3.77. The number of hydrogen-bond acceptors (Lipinski definition) is 4.